The van der Waals surface area contributed by atoms with E-state index in [1.165, 1.54) is 10.8 Å². The van der Waals surface area contributed by atoms with Crippen LogP contribution in [0.5, 0.6) is 11.5 Å². The average Bonchev–Trinajstić information content (AvgIpc) is 2.86. The number of hydrazine groups is 1. The Labute approximate surface area is 102 Å². The highest BCUT2D eigenvalue weighted by Gasteiger charge is 2.14. The SMILES string of the molecule is NNc1nccn(-c2ccc3c(c2)OCO3)c1=O. The molecule has 7 heteroatoms. The lowest BCUT2D eigenvalue weighted by atomic mass is 10.2. The number of nitrogens with two attached hydrogens (primary N) is 1. The van der Waals surface area contributed by atoms with Crippen molar-refractivity contribution >= 4 is 5.82 Å². The minimum atomic E-state index is -0.334. The van der Waals surface area contributed by atoms with Crippen LogP contribution in [0.25, 0.3) is 5.69 Å². The van der Waals surface area contributed by atoms with Gasteiger partial charge in [-0.1, -0.05) is 0 Å². The number of nitrogen functional groups attached to an aromatic ring is 1. The van der Waals surface area contributed by atoms with Crippen LogP contribution in [0.2, 0.25) is 0 Å². The van der Waals surface area contributed by atoms with Crippen LogP contribution in [0.1, 0.15) is 0 Å². The lowest BCUT2D eigenvalue weighted by Gasteiger charge is -2.07. The molecule has 18 heavy (non-hydrogen) atoms. The second-order valence-corrected chi connectivity index (χ2v) is 3.63. The van der Waals surface area contributed by atoms with Gasteiger partial charge in [0.05, 0.1) is 5.69 Å². The topological polar surface area (TPSA) is 91.4 Å². The van der Waals surface area contributed by atoms with E-state index in [4.69, 9.17) is 15.3 Å². The molecule has 7 nitrogen and oxygen atoms in total. The fourth-order valence-electron chi connectivity index (χ4n) is 1.75. The van der Waals surface area contributed by atoms with Gasteiger partial charge in [0.1, 0.15) is 0 Å². The zero-order valence-electron chi connectivity index (χ0n) is 9.29. The Balaban J connectivity index is 2.13. The molecule has 3 N–H and O–H groups in total. The Hall–Kier alpha value is -2.54. The molecule has 1 aliphatic heterocycles. The summed E-state index contributed by atoms with van der Waals surface area (Å²) in [5, 5.41) is 0. The van der Waals surface area contributed by atoms with Crippen molar-refractivity contribution in [1.29, 1.82) is 0 Å². The van der Waals surface area contributed by atoms with Gasteiger partial charge in [-0.15, -0.1) is 0 Å². The molecule has 0 amide bonds. The Morgan fingerprint density at radius 1 is 1.33 bits per heavy atom. The number of aromatic nitrogens is 2. The second-order valence-electron chi connectivity index (χ2n) is 3.63. The van der Waals surface area contributed by atoms with Gasteiger partial charge in [0.25, 0.3) is 5.56 Å². The number of anilines is 1. The Bertz CT molecular complexity index is 653. The van der Waals surface area contributed by atoms with E-state index in [0.717, 1.165) is 0 Å². The van der Waals surface area contributed by atoms with E-state index in [-0.39, 0.29) is 18.2 Å². The molecule has 2 heterocycles. The van der Waals surface area contributed by atoms with Gasteiger partial charge >= 0.3 is 0 Å². The highest BCUT2D eigenvalue weighted by molar-refractivity contribution is 5.50. The van der Waals surface area contributed by atoms with Gasteiger partial charge in [-0.3, -0.25) is 9.36 Å². The number of nitrogens with one attached hydrogen (secondary N) is 1. The minimum absolute atomic E-state index is 0.0789. The van der Waals surface area contributed by atoms with E-state index >= 15 is 0 Å². The number of rotatable bonds is 2. The average molecular weight is 246 g/mol. The van der Waals surface area contributed by atoms with Gasteiger partial charge in [0.15, 0.2) is 11.5 Å². The third kappa shape index (κ3) is 1.57. The van der Waals surface area contributed by atoms with Gasteiger partial charge in [0.2, 0.25) is 12.6 Å². The number of fused-ring (bicyclic) bond motifs is 1. The third-order valence-electron chi connectivity index (χ3n) is 2.61. The molecule has 1 aromatic heterocycles. The molecular weight excluding hydrogens is 236 g/mol. The van der Waals surface area contributed by atoms with E-state index in [1.807, 2.05) is 0 Å². The summed E-state index contributed by atoms with van der Waals surface area (Å²) in [5.41, 5.74) is 2.58. The smallest absolute Gasteiger partial charge is 0.299 e. The van der Waals surface area contributed by atoms with Crippen molar-refractivity contribution in [2.45, 2.75) is 0 Å². The van der Waals surface area contributed by atoms with Crippen LogP contribution in [0, 0.1) is 0 Å². The first-order valence-corrected chi connectivity index (χ1v) is 5.24. The number of hydrogen-bond acceptors (Lipinski definition) is 6. The van der Waals surface area contributed by atoms with Crippen LogP contribution in [-0.4, -0.2) is 16.3 Å². The van der Waals surface area contributed by atoms with Gasteiger partial charge in [0, 0.05) is 18.5 Å². The summed E-state index contributed by atoms with van der Waals surface area (Å²) in [6, 6.07) is 5.24. The Morgan fingerprint density at radius 3 is 3.00 bits per heavy atom. The molecule has 0 bridgehead atoms. The van der Waals surface area contributed by atoms with Gasteiger partial charge in [-0.25, -0.2) is 10.8 Å². The largest absolute Gasteiger partial charge is 0.454 e. The lowest BCUT2D eigenvalue weighted by Crippen LogP contribution is -2.25. The molecule has 0 spiro atoms. The lowest BCUT2D eigenvalue weighted by molar-refractivity contribution is 0.174. The van der Waals surface area contributed by atoms with Crippen molar-refractivity contribution in [2.24, 2.45) is 5.84 Å². The monoisotopic (exact) mass is 246 g/mol. The summed E-state index contributed by atoms with van der Waals surface area (Å²) in [4.78, 5) is 15.8. The molecule has 0 saturated carbocycles. The summed E-state index contributed by atoms with van der Waals surface area (Å²) < 4.78 is 11.9. The van der Waals surface area contributed by atoms with Crippen molar-refractivity contribution in [2.75, 3.05) is 12.2 Å². The Kier molecular flexibility index (Phi) is 2.38. The van der Waals surface area contributed by atoms with Crippen LogP contribution in [0.15, 0.2) is 35.4 Å². The fraction of sp³-hybridized carbons (Fsp3) is 0.0909. The van der Waals surface area contributed by atoms with Crippen molar-refractivity contribution in [3.05, 3.63) is 40.9 Å². The third-order valence-corrected chi connectivity index (χ3v) is 2.61. The summed E-state index contributed by atoms with van der Waals surface area (Å²) in [6.07, 6.45) is 3.04. The van der Waals surface area contributed by atoms with Crippen molar-refractivity contribution < 1.29 is 9.47 Å². The zero-order chi connectivity index (χ0) is 12.5. The van der Waals surface area contributed by atoms with Gasteiger partial charge in [-0.2, -0.15) is 0 Å². The van der Waals surface area contributed by atoms with Crippen LogP contribution < -0.4 is 26.3 Å². The van der Waals surface area contributed by atoms with Crippen LogP contribution in [0.4, 0.5) is 5.82 Å². The number of hydrogen-bond donors (Lipinski definition) is 2. The van der Waals surface area contributed by atoms with Crippen molar-refractivity contribution in [3.63, 3.8) is 0 Å². The van der Waals surface area contributed by atoms with Crippen LogP contribution >= 0.6 is 0 Å². The van der Waals surface area contributed by atoms with Gasteiger partial charge in [-0.05, 0) is 12.1 Å². The van der Waals surface area contributed by atoms with Crippen molar-refractivity contribution in [3.8, 4) is 17.2 Å². The normalized spacial score (nSPS) is 12.5. The Morgan fingerprint density at radius 2 is 2.17 bits per heavy atom. The highest BCUT2D eigenvalue weighted by Crippen LogP contribution is 2.33. The molecule has 0 radical (unpaired) electrons. The maximum Gasteiger partial charge on any atom is 0.299 e. The molecular formula is C11H10N4O3. The summed E-state index contributed by atoms with van der Waals surface area (Å²) in [5.74, 6) is 6.57. The van der Waals surface area contributed by atoms with Crippen LogP contribution in [-0.2, 0) is 0 Å². The van der Waals surface area contributed by atoms with Crippen molar-refractivity contribution in [1.82, 2.24) is 9.55 Å². The first kappa shape index (κ1) is 10.6. The van der Waals surface area contributed by atoms with E-state index in [1.54, 1.807) is 24.4 Å². The number of nitrogens with zero attached hydrogens (tertiary/aromatic N) is 2. The minimum Gasteiger partial charge on any atom is -0.454 e. The van der Waals surface area contributed by atoms with E-state index in [9.17, 15) is 4.79 Å². The van der Waals surface area contributed by atoms with Crippen LogP contribution in [0.3, 0.4) is 0 Å². The molecule has 0 aliphatic carbocycles. The quantitative estimate of drug-likeness (QED) is 0.583. The predicted octanol–water partition coefficient (Wildman–Crippen LogP) is 0.247. The second kappa shape index (κ2) is 4.04. The van der Waals surface area contributed by atoms with E-state index in [2.05, 4.69) is 10.4 Å². The van der Waals surface area contributed by atoms with E-state index < -0.39 is 0 Å². The maximum absolute atomic E-state index is 12.0. The standard InChI is InChI=1S/C11H10N4O3/c12-14-10-11(16)15(4-3-13-10)7-1-2-8-9(5-7)18-6-17-8/h1-5H,6,12H2,(H,13,14). The molecule has 0 unspecified atom stereocenters. The summed E-state index contributed by atoms with van der Waals surface area (Å²) in [6.45, 7) is 0.194. The molecule has 92 valence electrons. The zero-order valence-corrected chi connectivity index (χ0v) is 9.29. The summed E-state index contributed by atoms with van der Waals surface area (Å²) in [7, 11) is 0. The number of ether oxygens (including phenoxy) is 2. The molecule has 3 rings (SSSR count). The predicted molar refractivity (Wildman–Crippen MR) is 63.8 cm³/mol. The molecule has 1 aliphatic rings. The molecule has 2 aromatic rings. The fourth-order valence-corrected chi connectivity index (χ4v) is 1.75. The maximum atomic E-state index is 12.0. The first-order chi connectivity index (χ1) is 8.79. The number of benzene rings is 1. The molecule has 1 aromatic carbocycles. The highest BCUT2D eigenvalue weighted by atomic mass is 16.7. The molecule has 0 fully saturated rings. The summed E-state index contributed by atoms with van der Waals surface area (Å²) >= 11 is 0. The first-order valence-electron chi connectivity index (χ1n) is 5.24. The van der Waals surface area contributed by atoms with E-state index in [0.29, 0.717) is 17.2 Å². The molecule has 0 saturated heterocycles. The molecule has 0 atom stereocenters. The van der Waals surface area contributed by atoms with Gasteiger partial charge < -0.3 is 14.9 Å².